The van der Waals surface area contributed by atoms with Gasteiger partial charge in [0.1, 0.15) is 5.75 Å². The van der Waals surface area contributed by atoms with Gasteiger partial charge in [-0.3, -0.25) is 4.90 Å². The fourth-order valence-electron chi connectivity index (χ4n) is 2.11. The minimum absolute atomic E-state index is 0.639. The first kappa shape index (κ1) is 15.6. The molecule has 2 aromatic rings. The summed E-state index contributed by atoms with van der Waals surface area (Å²) in [4.78, 5) is 3.82. The highest BCUT2D eigenvalue weighted by Gasteiger charge is 2.04. The van der Waals surface area contributed by atoms with E-state index < -0.39 is 0 Å². The second kappa shape index (κ2) is 8.46. The van der Waals surface area contributed by atoms with E-state index in [0.29, 0.717) is 12.2 Å². The summed E-state index contributed by atoms with van der Waals surface area (Å²) in [5.74, 6) is 0.773. The molecule has 0 spiro atoms. The predicted molar refractivity (Wildman–Crippen MR) is 86.5 cm³/mol. The van der Waals surface area contributed by atoms with Gasteiger partial charge in [-0.25, -0.2) is 0 Å². The van der Waals surface area contributed by atoms with Crippen LogP contribution in [0.2, 0.25) is 0 Å². The summed E-state index contributed by atoms with van der Waals surface area (Å²) in [6.45, 7) is 5.94. The van der Waals surface area contributed by atoms with Gasteiger partial charge in [0.2, 0.25) is 0 Å². The number of rotatable bonds is 8. The second-order valence-electron chi connectivity index (χ2n) is 4.79. The number of ether oxygens (including phenoxy) is 1. The third-order valence-corrected chi connectivity index (χ3v) is 4.12. The van der Waals surface area contributed by atoms with Crippen LogP contribution >= 0.6 is 11.3 Å². The van der Waals surface area contributed by atoms with Crippen molar-refractivity contribution in [2.24, 2.45) is 0 Å². The van der Waals surface area contributed by atoms with Crippen molar-refractivity contribution in [1.29, 1.82) is 5.26 Å². The largest absolute Gasteiger partial charge is 0.494 e. The molecule has 0 unspecified atom stereocenters. The minimum atomic E-state index is 0.639. The Morgan fingerprint density at radius 2 is 2.19 bits per heavy atom. The highest BCUT2D eigenvalue weighted by molar-refractivity contribution is 7.09. The maximum absolute atomic E-state index is 8.85. The molecule has 1 aromatic carbocycles. The lowest BCUT2D eigenvalue weighted by Gasteiger charge is -2.19. The van der Waals surface area contributed by atoms with Crippen molar-refractivity contribution < 1.29 is 4.74 Å². The van der Waals surface area contributed by atoms with Gasteiger partial charge in [-0.15, -0.1) is 11.3 Å². The quantitative estimate of drug-likeness (QED) is 0.693. The van der Waals surface area contributed by atoms with Crippen molar-refractivity contribution in [3.05, 3.63) is 52.2 Å². The number of thiophene rings is 1. The van der Waals surface area contributed by atoms with E-state index in [1.165, 1.54) is 4.88 Å². The smallest absolute Gasteiger partial charge is 0.120 e. The summed E-state index contributed by atoms with van der Waals surface area (Å²) < 4.78 is 5.70. The van der Waals surface area contributed by atoms with E-state index in [2.05, 4.69) is 35.4 Å². The van der Waals surface area contributed by atoms with E-state index in [1.54, 1.807) is 23.5 Å². The van der Waals surface area contributed by atoms with Crippen molar-refractivity contribution in [1.82, 2.24) is 4.90 Å². The monoisotopic (exact) mass is 300 g/mol. The van der Waals surface area contributed by atoms with Crippen LogP contribution in [0.25, 0.3) is 0 Å². The molecule has 1 heterocycles. The molecule has 0 amide bonds. The Morgan fingerprint density at radius 1 is 1.29 bits per heavy atom. The lowest BCUT2D eigenvalue weighted by atomic mass is 10.2. The molecule has 110 valence electrons. The first-order valence-electron chi connectivity index (χ1n) is 7.19. The molecule has 0 saturated heterocycles. The van der Waals surface area contributed by atoms with E-state index in [1.807, 2.05) is 12.1 Å². The fourth-order valence-corrected chi connectivity index (χ4v) is 2.85. The maximum Gasteiger partial charge on any atom is 0.120 e. The number of hydrogen-bond donors (Lipinski definition) is 0. The molecule has 21 heavy (non-hydrogen) atoms. The molecule has 0 aliphatic rings. The Bertz CT molecular complexity index is 575. The average Bonchev–Trinajstić information content (AvgIpc) is 3.03. The van der Waals surface area contributed by atoms with Gasteiger partial charge in [-0.1, -0.05) is 19.1 Å². The van der Waals surface area contributed by atoms with Crippen LogP contribution in [0.1, 0.15) is 23.8 Å². The van der Waals surface area contributed by atoms with E-state index in [4.69, 9.17) is 10.00 Å². The molecule has 0 radical (unpaired) electrons. The van der Waals surface area contributed by atoms with Crippen molar-refractivity contribution in [2.45, 2.75) is 19.9 Å². The summed E-state index contributed by atoms with van der Waals surface area (Å²) in [5, 5.41) is 11.0. The van der Waals surface area contributed by atoms with Gasteiger partial charge in [0.25, 0.3) is 0 Å². The third kappa shape index (κ3) is 5.22. The Balaban J connectivity index is 1.71. The van der Waals surface area contributed by atoms with E-state index in [9.17, 15) is 0 Å². The van der Waals surface area contributed by atoms with Crippen molar-refractivity contribution in [3.8, 4) is 11.8 Å². The van der Waals surface area contributed by atoms with E-state index in [-0.39, 0.29) is 0 Å². The standard InChI is InChI=1S/C17H20N2OS/c1-2-19(14-17-8-4-11-21-17)9-5-10-20-16-7-3-6-15(12-16)13-18/h3-4,6-8,11-12H,2,5,9-10,14H2,1H3. The number of hydrogen-bond acceptors (Lipinski definition) is 4. The predicted octanol–water partition coefficient (Wildman–Crippen LogP) is 3.91. The minimum Gasteiger partial charge on any atom is -0.494 e. The summed E-state index contributed by atoms with van der Waals surface area (Å²) in [5.41, 5.74) is 0.639. The van der Waals surface area contributed by atoms with Gasteiger partial charge in [0.05, 0.1) is 18.2 Å². The molecule has 0 atom stereocenters. The van der Waals surface area contributed by atoms with Crippen LogP contribution in [0.15, 0.2) is 41.8 Å². The second-order valence-corrected chi connectivity index (χ2v) is 5.82. The molecule has 0 N–H and O–H groups in total. The molecule has 2 rings (SSSR count). The van der Waals surface area contributed by atoms with Gasteiger partial charge in [0.15, 0.2) is 0 Å². The Kier molecular flexibility index (Phi) is 6.26. The Labute approximate surface area is 130 Å². The van der Waals surface area contributed by atoms with E-state index >= 15 is 0 Å². The van der Waals surface area contributed by atoms with Gasteiger partial charge in [-0.2, -0.15) is 5.26 Å². The van der Waals surface area contributed by atoms with Gasteiger partial charge in [-0.05, 0) is 42.6 Å². The SMILES string of the molecule is CCN(CCCOc1cccc(C#N)c1)Cc1cccs1. The normalized spacial score (nSPS) is 10.5. The summed E-state index contributed by atoms with van der Waals surface area (Å²) >= 11 is 1.80. The molecule has 0 fully saturated rings. The van der Waals surface area contributed by atoms with Crippen molar-refractivity contribution in [2.75, 3.05) is 19.7 Å². The molecular weight excluding hydrogens is 280 g/mol. The number of nitrogens with zero attached hydrogens (tertiary/aromatic N) is 2. The molecule has 0 bridgehead atoms. The van der Waals surface area contributed by atoms with Crippen LogP contribution in [0.5, 0.6) is 5.75 Å². The number of nitriles is 1. The van der Waals surface area contributed by atoms with Crippen LogP contribution in [-0.4, -0.2) is 24.6 Å². The third-order valence-electron chi connectivity index (χ3n) is 3.26. The lowest BCUT2D eigenvalue weighted by molar-refractivity contribution is 0.237. The molecular formula is C17H20N2OS. The van der Waals surface area contributed by atoms with Gasteiger partial charge < -0.3 is 4.74 Å². The highest BCUT2D eigenvalue weighted by atomic mass is 32.1. The Hall–Kier alpha value is -1.83. The van der Waals surface area contributed by atoms with Crippen LogP contribution in [0.3, 0.4) is 0 Å². The molecule has 0 saturated carbocycles. The van der Waals surface area contributed by atoms with Gasteiger partial charge in [0, 0.05) is 18.0 Å². The zero-order valence-corrected chi connectivity index (χ0v) is 13.1. The zero-order chi connectivity index (χ0) is 14.9. The van der Waals surface area contributed by atoms with Crippen LogP contribution in [-0.2, 0) is 6.54 Å². The van der Waals surface area contributed by atoms with Crippen LogP contribution in [0, 0.1) is 11.3 Å². The van der Waals surface area contributed by atoms with E-state index in [0.717, 1.165) is 31.8 Å². The lowest BCUT2D eigenvalue weighted by Crippen LogP contribution is -2.24. The van der Waals surface area contributed by atoms with Crippen LogP contribution < -0.4 is 4.74 Å². The molecule has 3 nitrogen and oxygen atoms in total. The molecule has 1 aromatic heterocycles. The van der Waals surface area contributed by atoms with Crippen LogP contribution in [0.4, 0.5) is 0 Å². The van der Waals surface area contributed by atoms with Crippen molar-refractivity contribution in [3.63, 3.8) is 0 Å². The molecule has 0 aliphatic carbocycles. The summed E-state index contributed by atoms with van der Waals surface area (Å²) in [6, 6.07) is 13.7. The summed E-state index contributed by atoms with van der Waals surface area (Å²) in [6.07, 6.45) is 0.982. The highest BCUT2D eigenvalue weighted by Crippen LogP contribution is 2.14. The van der Waals surface area contributed by atoms with Gasteiger partial charge >= 0.3 is 0 Å². The number of benzene rings is 1. The summed E-state index contributed by atoms with van der Waals surface area (Å²) in [7, 11) is 0. The molecule has 0 aliphatic heterocycles. The van der Waals surface area contributed by atoms with Crippen molar-refractivity contribution >= 4 is 11.3 Å². The Morgan fingerprint density at radius 3 is 2.90 bits per heavy atom. The average molecular weight is 300 g/mol. The maximum atomic E-state index is 8.85. The first-order valence-corrected chi connectivity index (χ1v) is 8.07. The topological polar surface area (TPSA) is 36.3 Å². The zero-order valence-electron chi connectivity index (χ0n) is 12.3. The first-order chi connectivity index (χ1) is 10.3. The molecule has 4 heteroatoms. The fraction of sp³-hybridized carbons (Fsp3) is 0.353.